The molecule has 3 heterocycles. The third-order valence-electron chi connectivity index (χ3n) is 5.76. The van der Waals surface area contributed by atoms with Crippen LogP contribution in [0.25, 0.3) is 22.4 Å². The molecule has 1 aliphatic rings. The summed E-state index contributed by atoms with van der Waals surface area (Å²) in [6, 6.07) is 13.6. The number of rotatable bonds is 5. The predicted octanol–water partition coefficient (Wildman–Crippen LogP) is 4.79. The summed E-state index contributed by atoms with van der Waals surface area (Å²) in [6.45, 7) is 1.34. The molecule has 5 rings (SSSR count). The van der Waals surface area contributed by atoms with Crippen molar-refractivity contribution in [1.29, 1.82) is 0 Å². The van der Waals surface area contributed by atoms with E-state index in [0.717, 1.165) is 23.8 Å². The molecule has 4 aromatic rings. The lowest BCUT2D eigenvalue weighted by molar-refractivity contribution is 0.0659. The molecule has 0 radical (unpaired) electrons. The highest BCUT2D eigenvalue weighted by Gasteiger charge is 2.32. The van der Waals surface area contributed by atoms with Crippen LogP contribution in [0.1, 0.15) is 40.8 Å². The Morgan fingerprint density at radius 2 is 2.12 bits per heavy atom. The second kappa shape index (κ2) is 8.55. The molecule has 1 atom stereocenters. The Labute approximate surface area is 183 Å². The van der Waals surface area contributed by atoms with Gasteiger partial charge in [-0.2, -0.15) is 4.98 Å². The van der Waals surface area contributed by atoms with E-state index < -0.39 is 0 Å². The van der Waals surface area contributed by atoms with E-state index in [1.54, 1.807) is 24.1 Å². The Balaban J connectivity index is 1.38. The van der Waals surface area contributed by atoms with Crippen LogP contribution < -0.4 is 0 Å². The average molecular weight is 435 g/mol. The molecule has 8 heteroatoms. The van der Waals surface area contributed by atoms with Crippen LogP contribution in [-0.4, -0.2) is 41.1 Å². The Hall–Kier alpha value is -3.52. The fourth-order valence-corrected chi connectivity index (χ4v) is 4.21. The summed E-state index contributed by atoms with van der Waals surface area (Å²) in [5.74, 6) is 0.451. The maximum atomic E-state index is 13.5. The van der Waals surface area contributed by atoms with Crippen LogP contribution in [0.3, 0.4) is 0 Å². The van der Waals surface area contributed by atoms with Crippen LogP contribution >= 0.6 is 0 Å². The summed E-state index contributed by atoms with van der Waals surface area (Å²) < 4.78 is 30.3. The number of aromatic nitrogens is 2. The molecule has 164 valence electrons. The number of nitrogens with zero attached hydrogens (tertiary/aromatic N) is 3. The highest BCUT2D eigenvalue weighted by molar-refractivity contribution is 5.99. The number of ether oxygens (including phenoxy) is 1. The molecule has 7 nitrogen and oxygen atoms in total. The van der Waals surface area contributed by atoms with Gasteiger partial charge in [0.2, 0.25) is 11.7 Å². The fraction of sp³-hybridized carbons (Fsp3) is 0.292. The average Bonchev–Trinajstić information content (AvgIpc) is 3.45. The number of likely N-dealkylation sites (tertiary alicyclic amines) is 1. The van der Waals surface area contributed by atoms with Gasteiger partial charge in [0.25, 0.3) is 5.91 Å². The van der Waals surface area contributed by atoms with Crippen LogP contribution in [0.15, 0.2) is 57.5 Å². The number of amides is 1. The number of carbonyl (C=O) groups excluding carboxylic acids is 1. The number of fused-ring (bicyclic) bond motifs is 1. The first kappa shape index (κ1) is 20.4. The van der Waals surface area contributed by atoms with Crippen molar-refractivity contribution in [2.45, 2.75) is 25.4 Å². The van der Waals surface area contributed by atoms with Gasteiger partial charge in [-0.05, 0) is 31.0 Å². The van der Waals surface area contributed by atoms with Crippen LogP contribution in [0.5, 0.6) is 0 Å². The van der Waals surface area contributed by atoms with Crippen molar-refractivity contribution in [1.82, 2.24) is 15.0 Å². The summed E-state index contributed by atoms with van der Waals surface area (Å²) in [6.07, 6.45) is 1.62. The van der Waals surface area contributed by atoms with Crippen molar-refractivity contribution >= 4 is 16.9 Å². The van der Waals surface area contributed by atoms with Crippen molar-refractivity contribution in [3.63, 3.8) is 0 Å². The number of benzene rings is 2. The van der Waals surface area contributed by atoms with E-state index in [1.807, 2.05) is 24.3 Å². The first-order valence-electron chi connectivity index (χ1n) is 10.5. The summed E-state index contributed by atoms with van der Waals surface area (Å²) in [5.41, 5.74) is 1.96. The summed E-state index contributed by atoms with van der Waals surface area (Å²) >= 11 is 0. The van der Waals surface area contributed by atoms with Crippen molar-refractivity contribution in [2.75, 3.05) is 20.2 Å². The van der Waals surface area contributed by atoms with Crippen LogP contribution in [0.4, 0.5) is 4.39 Å². The van der Waals surface area contributed by atoms with Crippen LogP contribution in [0, 0.1) is 5.82 Å². The highest BCUT2D eigenvalue weighted by Crippen LogP contribution is 2.31. The minimum Gasteiger partial charge on any atom is -0.451 e. The fourth-order valence-electron chi connectivity index (χ4n) is 4.21. The van der Waals surface area contributed by atoms with Crippen molar-refractivity contribution < 1.29 is 22.9 Å². The second-order valence-electron chi connectivity index (χ2n) is 7.90. The largest absolute Gasteiger partial charge is 0.451 e. The van der Waals surface area contributed by atoms with Crippen molar-refractivity contribution in [3.05, 3.63) is 71.6 Å². The molecule has 1 saturated heterocycles. The van der Waals surface area contributed by atoms with Gasteiger partial charge >= 0.3 is 0 Å². The molecule has 2 aromatic carbocycles. The van der Waals surface area contributed by atoms with Crippen molar-refractivity contribution in [3.8, 4) is 11.4 Å². The smallest absolute Gasteiger partial charge is 0.290 e. The predicted molar refractivity (Wildman–Crippen MR) is 114 cm³/mol. The lowest BCUT2D eigenvalue weighted by atomic mass is 9.97. The third-order valence-corrected chi connectivity index (χ3v) is 5.76. The van der Waals surface area contributed by atoms with Gasteiger partial charge in [0.15, 0.2) is 5.76 Å². The number of hydrogen-bond donors (Lipinski definition) is 0. The molecular formula is C24H22FN3O4. The summed E-state index contributed by atoms with van der Waals surface area (Å²) in [7, 11) is 1.60. The molecule has 32 heavy (non-hydrogen) atoms. The maximum absolute atomic E-state index is 13.5. The van der Waals surface area contributed by atoms with Gasteiger partial charge in [-0.3, -0.25) is 4.79 Å². The van der Waals surface area contributed by atoms with Crippen LogP contribution in [0.2, 0.25) is 0 Å². The molecular weight excluding hydrogens is 413 g/mol. The molecule has 1 aliphatic heterocycles. The second-order valence-corrected chi connectivity index (χ2v) is 7.90. The molecule has 0 N–H and O–H groups in total. The molecule has 1 unspecified atom stereocenters. The molecule has 0 spiro atoms. The lowest BCUT2D eigenvalue weighted by Gasteiger charge is -2.30. The zero-order valence-electron chi connectivity index (χ0n) is 17.6. The van der Waals surface area contributed by atoms with Gasteiger partial charge in [-0.25, -0.2) is 4.39 Å². The highest BCUT2D eigenvalue weighted by atomic mass is 19.1. The Kier molecular flexibility index (Phi) is 5.45. The van der Waals surface area contributed by atoms with E-state index in [9.17, 15) is 9.18 Å². The summed E-state index contributed by atoms with van der Waals surface area (Å²) in [4.78, 5) is 19.6. The minimum atomic E-state index is -0.360. The number of carbonyl (C=O) groups is 1. The zero-order chi connectivity index (χ0) is 22.1. The molecule has 0 saturated carbocycles. The van der Waals surface area contributed by atoms with Gasteiger partial charge in [0.1, 0.15) is 11.4 Å². The Morgan fingerprint density at radius 1 is 1.25 bits per heavy atom. The number of hydrogen-bond acceptors (Lipinski definition) is 6. The number of methoxy groups -OCH3 is 1. The van der Waals surface area contributed by atoms with E-state index >= 15 is 0 Å². The van der Waals surface area contributed by atoms with Crippen molar-refractivity contribution in [2.24, 2.45) is 0 Å². The zero-order valence-corrected chi connectivity index (χ0v) is 17.6. The number of piperidine rings is 1. The molecule has 0 bridgehead atoms. The van der Waals surface area contributed by atoms with E-state index in [2.05, 4.69) is 10.1 Å². The van der Waals surface area contributed by atoms with Crippen LogP contribution in [-0.2, 0) is 11.3 Å². The first-order valence-corrected chi connectivity index (χ1v) is 10.5. The van der Waals surface area contributed by atoms with E-state index in [4.69, 9.17) is 13.7 Å². The van der Waals surface area contributed by atoms with E-state index in [0.29, 0.717) is 41.7 Å². The van der Waals surface area contributed by atoms with Gasteiger partial charge in [0.05, 0.1) is 12.5 Å². The van der Waals surface area contributed by atoms with Gasteiger partial charge in [-0.15, -0.1) is 0 Å². The minimum absolute atomic E-state index is 0.0993. The topological polar surface area (TPSA) is 81.6 Å². The lowest BCUT2D eigenvalue weighted by Crippen LogP contribution is -2.39. The third kappa shape index (κ3) is 3.78. The Morgan fingerprint density at radius 3 is 2.97 bits per heavy atom. The SMILES string of the molecule is COCc1c(C(=O)N2CCCC(c3nc(-c4cccc(F)c4)no3)C2)oc2ccccc12. The summed E-state index contributed by atoms with van der Waals surface area (Å²) in [5, 5.41) is 4.88. The molecule has 2 aromatic heterocycles. The van der Waals surface area contributed by atoms with Gasteiger partial charge in [0, 0.05) is 36.7 Å². The Bertz CT molecular complexity index is 1270. The molecule has 1 amide bonds. The van der Waals surface area contributed by atoms with Gasteiger partial charge in [-0.1, -0.05) is 35.5 Å². The van der Waals surface area contributed by atoms with E-state index in [1.165, 1.54) is 12.1 Å². The standard InChI is InChI=1S/C24H22FN3O4/c1-30-14-19-18-9-2-3-10-20(18)31-21(19)24(29)28-11-5-7-16(13-28)23-26-22(27-32-23)15-6-4-8-17(25)12-15/h2-4,6,8-10,12,16H,5,7,11,13-14H2,1H3. The quantitative estimate of drug-likeness (QED) is 0.448. The maximum Gasteiger partial charge on any atom is 0.290 e. The first-order chi connectivity index (χ1) is 15.6. The number of furan rings is 1. The molecule has 1 fully saturated rings. The monoisotopic (exact) mass is 435 g/mol. The van der Waals surface area contributed by atoms with E-state index in [-0.39, 0.29) is 24.2 Å². The number of para-hydroxylation sites is 1. The normalized spacial score (nSPS) is 16.6. The molecule has 0 aliphatic carbocycles. The number of halogens is 1. The van der Waals surface area contributed by atoms with Gasteiger partial charge < -0.3 is 18.6 Å².